The van der Waals surface area contributed by atoms with Gasteiger partial charge in [0.15, 0.2) is 6.29 Å². The van der Waals surface area contributed by atoms with Crippen LogP contribution in [0.2, 0.25) is 0 Å². The van der Waals surface area contributed by atoms with Gasteiger partial charge in [-0.3, -0.25) is 4.79 Å². The number of rotatable bonds is 11. The van der Waals surface area contributed by atoms with Gasteiger partial charge in [-0.15, -0.1) is 0 Å². The van der Waals surface area contributed by atoms with Crippen LogP contribution in [-0.4, -0.2) is 54.5 Å². The maximum Gasteiger partial charge on any atom is 0.305 e. The molecular weight excluding hydrogens is 300 g/mol. The number of hydrogen-bond acceptors (Lipinski definition) is 6. The Morgan fingerprint density at radius 2 is 1.65 bits per heavy atom. The molecule has 1 saturated heterocycles. The molecule has 23 heavy (non-hydrogen) atoms. The van der Waals surface area contributed by atoms with Crippen molar-refractivity contribution in [3.05, 3.63) is 0 Å². The molecule has 0 radical (unpaired) electrons. The summed E-state index contributed by atoms with van der Waals surface area (Å²) in [4.78, 5) is 10.9. The fourth-order valence-electron chi connectivity index (χ4n) is 2.65. The molecule has 1 aliphatic rings. The fraction of sp³-hybridized carbons (Fsp3) is 0.941. The molecule has 0 aromatic carbocycles. The number of unbranched alkanes of at least 4 members (excludes halogenated alkanes) is 6. The Balaban J connectivity index is 1.91. The van der Waals surface area contributed by atoms with Gasteiger partial charge in [0.05, 0.1) is 19.3 Å². The Kier molecular flexibility index (Phi) is 10.4. The second kappa shape index (κ2) is 11.8. The zero-order chi connectivity index (χ0) is 17.1. The summed E-state index contributed by atoms with van der Waals surface area (Å²) in [5.74, 6) is -0.129. The first kappa shape index (κ1) is 20.4. The topological polar surface area (TPSA) is 85.2 Å². The van der Waals surface area contributed by atoms with Gasteiger partial charge in [-0.05, 0) is 19.8 Å². The molecular formula is C17H32O6. The number of esters is 1. The van der Waals surface area contributed by atoms with Crippen molar-refractivity contribution >= 4 is 5.97 Å². The summed E-state index contributed by atoms with van der Waals surface area (Å²) in [6, 6.07) is 0. The van der Waals surface area contributed by atoms with Gasteiger partial charge in [0.1, 0.15) is 6.10 Å². The summed E-state index contributed by atoms with van der Waals surface area (Å²) in [6.07, 6.45) is 5.95. The lowest BCUT2D eigenvalue weighted by molar-refractivity contribution is -0.261. The van der Waals surface area contributed by atoms with Crippen molar-refractivity contribution in [1.82, 2.24) is 0 Å². The van der Waals surface area contributed by atoms with Gasteiger partial charge in [0.2, 0.25) is 0 Å². The lowest BCUT2D eigenvalue weighted by Crippen LogP contribution is -2.47. The Bertz CT molecular complexity index is 322. The van der Waals surface area contributed by atoms with Gasteiger partial charge < -0.3 is 24.4 Å². The monoisotopic (exact) mass is 332 g/mol. The number of aliphatic hydroxyl groups is 2. The quantitative estimate of drug-likeness (QED) is 0.445. The molecule has 1 fully saturated rings. The van der Waals surface area contributed by atoms with Crippen LogP contribution in [0.3, 0.4) is 0 Å². The first-order chi connectivity index (χ1) is 11.0. The third kappa shape index (κ3) is 8.65. The first-order valence-electron chi connectivity index (χ1n) is 8.74. The van der Waals surface area contributed by atoms with Crippen molar-refractivity contribution in [1.29, 1.82) is 0 Å². The van der Waals surface area contributed by atoms with E-state index in [-0.39, 0.29) is 12.1 Å². The molecule has 2 N–H and O–H groups in total. The highest BCUT2D eigenvalue weighted by Gasteiger charge is 2.34. The first-order valence-corrected chi connectivity index (χ1v) is 8.74. The minimum absolute atomic E-state index is 0.129. The summed E-state index contributed by atoms with van der Waals surface area (Å²) in [5.41, 5.74) is 0. The number of ether oxygens (including phenoxy) is 3. The highest BCUT2D eigenvalue weighted by Crippen LogP contribution is 2.21. The number of methoxy groups -OCH3 is 1. The van der Waals surface area contributed by atoms with Crippen LogP contribution in [0.25, 0.3) is 0 Å². The molecule has 0 unspecified atom stereocenters. The minimum atomic E-state index is -0.754. The van der Waals surface area contributed by atoms with Crippen molar-refractivity contribution < 1.29 is 29.2 Å². The summed E-state index contributed by atoms with van der Waals surface area (Å²) < 4.78 is 15.6. The van der Waals surface area contributed by atoms with Gasteiger partial charge in [0.25, 0.3) is 0 Å². The van der Waals surface area contributed by atoms with Crippen LogP contribution in [0.15, 0.2) is 0 Å². The Hall–Kier alpha value is -0.690. The molecule has 0 bridgehead atoms. The van der Waals surface area contributed by atoms with E-state index in [0.29, 0.717) is 19.4 Å². The van der Waals surface area contributed by atoms with Crippen molar-refractivity contribution in [2.75, 3.05) is 13.7 Å². The van der Waals surface area contributed by atoms with Gasteiger partial charge in [-0.25, -0.2) is 0 Å². The molecule has 1 heterocycles. The molecule has 6 nitrogen and oxygen atoms in total. The molecule has 0 spiro atoms. The molecule has 0 aliphatic carbocycles. The van der Waals surface area contributed by atoms with E-state index in [9.17, 15) is 15.0 Å². The number of carbonyl (C=O) groups excluding carboxylic acids is 1. The minimum Gasteiger partial charge on any atom is -0.469 e. The third-order valence-electron chi connectivity index (χ3n) is 4.22. The highest BCUT2D eigenvalue weighted by atomic mass is 16.7. The zero-order valence-corrected chi connectivity index (χ0v) is 14.4. The predicted octanol–water partition coefficient (Wildman–Crippen LogP) is 2.15. The summed E-state index contributed by atoms with van der Waals surface area (Å²) in [6.45, 7) is 2.35. The molecule has 1 rings (SSSR count). The smallest absolute Gasteiger partial charge is 0.305 e. The number of aliphatic hydroxyl groups excluding tert-OH is 2. The van der Waals surface area contributed by atoms with Crippen molar-refractivity contribution in [2.24, 2.45) is 0 Å². The molecule has 0 amide bonds. The highest BCUT2D eigenvalue weighted by molar-refractivity contribution is 5.68. The maximum absolute atomic E-state index is 10.9. The average Bonchev–Trinajstić information content (AvgIpc) is 2.53. The molecule has 136 valence electrons. The summed E-state index contributed by atoms with van der Waals surface area (Å²) >= 11 is 0. The van der Waals surface area contributed by atoms with Crippen LogP contribution in [0, 0.1) is 0 Å². The molecule has 1 aliphatic heterocycles. The normalized spacial score (nSPS) is 27.8. The Labute approximate surface area is 139 Å². The van der Waals surface area contributed by atoms with E-state index in [1.54, 1.807) is 6.92 Å². The molecule has 0 aromatic heterocycles. The van der Waals surface area contributed by atoms with E-state index in [1.807, 2.05) is 0 Å². The van der Waals surface area contributed by atoms with Gasteiger partial charge >= 0.3 is 5.97 Å². The largest absolute Gasteiger partial charge is 0.469 e. The van der Waals surface area contributed by atoms with Crippen LogP contribution in [0.4, 0.5) is 0 Å². The van der Waals surface area contributed by atoms with Gasteiger partial charge in [0, 0.05) is 19.4 Å². The standard InChI is InChI=1S/C17H32O6/c1-13-14(18)12-15(19)17(23-13)22-11-9-7-5-3-4-6-8-10-16(20)21-2/h13-15,17-19H,3-12H2,1-2H3/t13-,14+,15+,17+/m0/s1. The van der Waals surface area contributed by atoms with E-state index in [0.717, 1.165) is 44.9 Å². The Morgan fingerprint density at radius 1 is 1.04 bits per heavy atom. The fourth-order valence-corrected chi connectivity index (χ4v) is 2.65. The Morgan fingerprint density at radius 3 is 2.30 bits per heavy atom. The summed E-state index contributed by atoms with van der Waals surface area (Å²) in [5, 5.41) is 19.4. The van der Waals surface area contributed by atoms with E-state index < -0.39 is 18.5 Å². The number of hydrogen-bond donors (Lipinski definition) is 2. The third-order valence-corrected chi connectivity index (χ3v) is 4.22. The van der Waals surface area contributed by atoms with E-state index in [2.05, 4.69) is 4.74 Å². The van der Waals surface area contributed by atoms with Crippen molar-refractivity contribution in [2.45, 2.75) is 89.3 Å². The second-order valence-corrected chi connectivity index (χ2v) is 6.25. The van der Waals surface area contributed by atoms with Crippen LogP contribution in [0.5, 0.6) is 0 Å². The number of carbonyl (C=O) groups is 1. The lowest BCUT2D eigenvalue weighted by atomic mass is 10.0. The second-order valence-electron chi connectivity index (χ2n) is 6.25. The predicted molar refractivity (Wildman–Crippen MR) is 85.9 cm³/mol. The molecule has 0 aromatic rings. The zero-order valence-electron chi connectivity index (χ0n) is 14.4. The molecule has 6 heteroatoms. The van der Waals surface area contributed by atoms with Gasteiger partial charge in [-0.2, -0.15) is 0 Å². The van der Waals surface area contributed by atoms with Crippen molar-refractivity contribution in [3.8, 4) is 0 Å². The van der Waals surface area contributed by atoms with Gasteiger partial charge in [-0.1, -0.05) is 32.1 Å². The maximum atomic E-state index is 10.9. The van der Waals surface area contributed by atoms with Crippen molar-refractivity contribution in [3.63, 3.8) is 0 Å². The summed E-state index contributed by atoms with van der Waals surface area (Å²) in [7, 11) is 1.42. The van der Waals surface area contributed by atoms with Crippen LogP contribution < -0.4 is 0 Å². The van der Waals surface area contributed by atoms with E-state index in [4.69, 9.17) is 9.47 Å². The SMILES string of the molecule is COC(=O)CCCCCCCCCO[C@@H]1O[C@@H](C)[C@H](O)C[C@H]1O. The lowest BCUT2D eigenvalue weighted by Gasteiger charge is -2.35. The average molecular weight is 332 g/mol. The molecule has 4 atom stereocenters. The van der Waals surface area contributed by atoms with Crippen LogP contribution >= 0.6 is 0 Å². The van der Waals surface area contributed by atoms with E-state index in [1.165, 1.54) is 7.11 Å². The van der Waals surface area contributed by atoms with Crippen LogP contribution in [0.1, 0.15) is 64.7 Å². The van der Waals surface area contributed by atoms with E-state index >= 15 is 0 Å². The molecule has 0 saturated carbocycles. The van der Waals surface area contributed by atoms with Crippen LogP contribution in [-0.2, 0) is 19.0 Å².